The van der Waals surface area contributed by atoms with E-state index in [1.165, 1.54) is 0 Å². The van der Waals surface area contributed by atoms with Crippen LogP contribution in [-0.2, 0) is 0 Å². The van der Waals surface area contributed by atoms with Crippen molar-refractivity contribution >= 4 is 37.9 Å². The normalized spacial score (nSPS) is 11.2. The van der Waals surface area contributed by atoms with Gasteiger partial charge in [0, 0.05) is 27.0 Å². The Bertz CT molecular complexity index is 909. The predicted molar refractivity (Wildman–Crippen MR) is 84.7 cm³/mol. The molecule has 0 radical (unpaired) electrons. The minimum absolute atomic E-state index is 0.909. The fraction of sp³-hybridized carbons (Fsp3) is 0. The SMILES string of the molecule is Brc1ccc(-c2ccc3oc4ccccc4c3c2)nc1. The van der Waals surface area contributed by atoms with E-state index in [0.717, 1.165) is 37.7 Å². The first-order chi connectivity index (χ1) is 9.81. The van der Waals surface area contributed by atoms with Crippen LogP contribution in [0.1, 0.15) is 0 Å². The van der Waals surface area contributed by atoms with Crippen molar-refractivity contribution < 1.29 is 4.42 Å². The van der Waals surface area contributed by atoms with Gasteiger partial charge in [-0.3, -0.25) is 4.98 Å². The maximum atomic E-state index is 5.83. The van der Waals surface area contributed by atoms with Crippen molar-refractivity contribution in [3.8, 4) is 11.3 Å². The molecule has 0 amide bonds. The summed E-state index contributed by atoms with van der Waals surface area (Å²) in [4.78, 5) is 4.44. The van der Waals surface area contributed by atoms with Crippen LogP contribution in [0.3, 0.4) is 0 Å². The zero-order chi connectivity index (χ0) is 13.5. The van der Waals surface area contributed by atoms with Gasteiger partial charge in [0.05, 0.1) is 5.69 Å². The topological polar surface area (TPSA) is 26.0 Å². The van der Waals surface area contributed by atoms with Crippen molar-refractivity contribution in [3.05, 3.63) is 65.3 Å². The fourth-order valence-corrected chi connectivity index (χ4v) is 2.67. The van der Waals surface area contributed by atoms with E-state index >= 15 is 0 Å². The minimum Gasteiger partial charge on any atom is -0.456 e. The van der Waals surface area contributed by atoms with E-state index in [0.29, 0.717) is 0 Å². The summed E-state index contributed by atoms with van der Waals surface area (Å²) in [5.41, 5.74) is 3.88. The molecule has 2 nitrogen and oxygen atoms in total. The molecule has 0 aliphatic carbocycles. The predicted octanol–water partition coefficient (Wildman–Crippen LogP) is 5.41. The molecule has 2 heterocycles. The molecule has 0 N–H and O–H groups in total. The molecular weight excluding hydrogens is 314 g/mol. The Morgan fingerprint density at radius 2 is 1.70 bits per heavy atom. The van der Waals surface area contributed by atoms with Gasteiger partial charge < -0.3 is 4.42 Å². The molecule has 0 saturated heterocycles. The van der Waals surface area contributed by atoms with Crippen LogP contribution >= 0.6 is 15.9 Å². The third-order valence-electron chi connectivity index (χ3n) is 3.40. The largest absolute Gasteiger partial charge is 0.456 e. The standard InChI is InChI=1S/C17H10BrNO/c18-12-6-7-15(19-10-12)11-5-8-17-14(9-11)13-3-1-2-4-16(13)20-17/h1-10H. The second-order valence-electron chi connectivity index (χ2n) is 4.67. The maximum Gasteiger partial charge on any atom is 0.135 e. The van der Waals surface area contributed by atoms with Gasteiger partial charge in [-0.05, 0) is 52.3 Å². The zero-order valence-electron chi connectivity index (χ0n) is 10.5. The molecule has 20 heavy (non-hydrogen) atoms. The number of nitrogens with zero attached hydrogens (tertiary/aromatic N) is 1. The van der Waals surface area contributed by atoms with Gasteiger partial charge in [0.25, 0.3) is 0 Å². The van der Waals surface area contributed by atoms with Crippen LogP contribution < -0.4 is 0 Å². The molecule has 3 heteroatoms. The van der Waals surface area contributed by atoms with Crippen LogP contribution in [-0.4, -0.2) is 4.98 Å². The summed E-state index contributed by atoms with van der Waals surface area (Å²) in [6.45, 7) is 0. The van der Waals surface area contributed by atoms with Crippen LogP contribution in [0.25, 0.3) is 33.2 Å². The average Bonchev–Trinajstić information content (AvgIpc) is 2.86. The summed E-state index contributed by atoms with van der Waals surface area (Å²) >= 11 is 3.41. The van der Waals surface area contributed by atoms with E-state index < -0.39 is 0 Å². The van der Waals surface area contributed by atoms with Crippen LogP contribution in [0.2, 0.25) is 0 Å². The molecular formula is C17H10BrNO. The molecule has 0 bridgehead atoms. The van der Waals surface area contributed by atoms with Gasteiger partial charge in [-0.2, -0.15) is 0 Å². The van der Waals surface area contributed by atoms with Gasteiger partial charge in [0.2, 0.25) is 0 Å². The van der Waals surface area contributed by atoms with Crippen molar-refractivity contribution in [2.45, 2.75) is 0 Å². The van der Waals surface area contributed by atoms with Gasteiger partial charge >= 0.3 is 0 Å². The maximum absolute atomic E-state index is 5.83. The van der Waals surface area contributed by atoms with E-state index in [-0.39, 0.29) is 0 Å². The monoisotopic (exact) mass is 323 g/mol. The van der Waals surface area contributed by atoms with Gasteiger partial charge in [-0.25, -0.2) is 0 Å². The number of benzene rings is 2. The lowest BCUT2D eigenvalue weighted by Crippen LogP contribution is -1.82. The second-order valence-corrected chi connectivity index (χ2v) is 5.59. The van der Waals surface area contributed by atoms with E-state index in [2.05, 4.69) is 33.0 Å². The van der Waals surface area contributed by atoms with E-state index in [1.54, 1.807) is 0 Å². The summed E-state index contributed by atoms with van der Waals surface area (Å²) in [6.07, 6.45) is 1.81. The Morgan fingerprint density at radius 3 is 2.55 bits per heavy atom. The zero-order valence-corrected chi connectivity index (χ0v) is 12.1. The molecule has 0 spiro atoms. The van der Waals surface area contributed by atoms with Crippen molar-refractivity contribution in [3.63, 3.8) is 0 Å². The smallest absolute Gasteiger partial charge is 0.135 e. The van der Waals surface area contributed by atoms with E-state index in [1.807, 2.05) is 48.7 Å². The quantitative estimate of drug-likeness (QED) is 0.468. The Labute approximate surface area is 124 Å². The third kappa shape index (κ3) is 1.82. The molecule has 96 valence electrons. The highest BCUT2D eigenvalue weighted by atomic mass is 79.9. The van der Waals surface area contributed by atoms with Gasteiger partial charge in [0.15, 0.2) is 0 Å². The number of pyridine rings is 1. The molecule has 0 atom stereocenters. The second kappa shape index (κ2) is 4.46. The summed E-state index contributed by atoms with van der Waals surface area (Å²) in [5.74, 6) is 0. The van der Waals surface area contributed by atoms with Crippen molar-refractivity contribution in [1.29, 1.82) is 0 Å². The molecule has 2 aromatic carbocycles. The third-order valence-corrected chi connectivity index (χ3v) is 3.87. The van der Waals surface area contributed by atoms with Crippen LogP contribution in [0, 0.1) is 0 Å². The van der Waals surface area contributed by atoms with Gasteiger partial charge in [0.1, 0.15) is 11.2 Å². The van der Waals surface area contributed by atoms with Crippen LogP contribution in [0.15, 0.2) is 69.7 Å². The van der Waals surface area contributed by atoms with Gasteiger partial charge in [-0.1, -0.05) is 18.2 Å². The molecule has 4 rings (SSSR count). The average molecular weight is 324 g/mol. The molecule has 0 unspecified atom stereocenters. The number of rotatable bonds is 1. The first-order valence-electron chi connectivity index (χ1n) is 6.34. The van der Waals surface area contributed by atoms with Crippen LogP contribution in [0.4, 0.5) is 0 Å². The lowest BCUT2D eigenvalue weighted by Gasteiger charge is -2.01. The Morgan fingerprint density at radius 1 is 0.850 bits per heavy atom. The fourth-order valence-electron chi connectivity index (χ4n) is 2.43. The van der Waals surface area contributed by atoms with Crippen LogP contribution in [0.5, 0.6) is 0 Å². The molecule has 0 saturated carbocycles. The van der Waals surface area contributed by atoms with E-state index in [4.69, 9.17) is 4.42 Å². The molecule has 0 fully saturated rings. The summed E-state index contributed by atoms with van der Waals surface area (Å²) in [5, 5.41) is 2.27. The first-order valence-corrected chi connectivity index (χ1v) is 7.14. The summed E-state index contributed by atoms with van der Waals surface area (Å²) < 4.78 is 6.82. The Balaban J connectivity index is 1.97. The van der Waals surface area contributed by atoms with Gasteiger partial charge in [-0.15, -0.1) is 0 Å². The number of aromatic nitrogens is 1. The number of para-hydroxylation sites is 1. The first kappa shape index (κ1) is 11.7. The van der Waals surface area contributed by atoms with Crippen molar-refractivity contribution in [1.82, 2.24) is 4.98 Å². The number of halogens is 1. The van der Waals surface area contributed by atoms with Crippen molar-refractivity contribution in [2.75, 3.05) is 0 Å². The molecule has 4 aromatic rings. The van der Waals surface area contributed by atoms with E-state index in [9.17, 15) is 0 Å². The molecule has 0 aliphatic rings. The lowest BCUT2D eigenvalue weighted by molar-refractivity contribution is 0.669. The highest BCUT2D eigenvalue weighted by Crippen LogP contribution is 2.31. The minimum atomic E-state index is 0.909. The number of fused-ring (bicyclic) bond motifs is 3. The number of hydrogen-bond acceptors (Lipinski definition) is 2. The highest BCUT2D eigenvalue weighted by molar-refractivity contribution is 9.10. The highest BCUT2D eigenvalue weighted by Gasteiger charge is 2.08. The Kier molecular flexibility index (Phi) is 2.60. The summed E-state index contributed by atoms with van der Waals surface area (Å²) in [6, 6.07) is 18.3. The molecule has 2 aromatic heterocycles. The number of hydrogen-bond donors (Lipinski definition) is 0. The Hall–Kier alpha value is -2.13. The lowest BCUT2D eigenvalue weighted by atomic mass is 10.1. The number of furan rings is 1. The molecule has 0 aliphatic heterocycles. The summed E-state index contributed by atoms with van der Waals surface area (Å²) in [7, 11) is 0. The van der Waals surface area contributed by atoms with Crippen molar-refractivity contribution in [2.24, 2.45) is 0 Å².